The number of halogens is 1. The Bertz CT molecular complexity index is 628. The van der Waals surface area contributed by atoms with Crippen LogP contribution in [-0.4, -0.2) is 23.0 Å². The Labute approximate surface area is 133 Å². The minimum Gasteiger partial charge on any atom is -0.508 e. The average Bonchev–Trinajstić information content (AvgIpc) is 2.48. The summed E-state index contributed by atoms with van der Waals surface area (Å²) in [5.41, 5.74) is 1.89. The lowest BCUT2D eigenvalue weighted by molar-refractivity contribution is -0.130. The molecule has 2 rings (SSSR count). The second kappa shape index (κ2) is 7.27. The molecule has 110 valence electrons. The third-order valence-electron chi connectivity index (χ3n) is 3.39. The molecule has 3 nitrogen and oxygen atoms in total. The van der Waals surface area contributed by atoms with Crippen LogP contribution >= 0.6 is 15.9 Å². The summed E-state index contributed by atoms with van der Waals surface area (Å²) < 4.78 is 1.00. The number of carbonyl (C=O) groups excluding carboxylic acids is 1. The van der Waals surface area contributed by atoms with Crippen molar-refractivity contribution in [1.29, 1.82) is 0 Å². The van der Waals surface area contributed by atoms with E-state index in [4.69, 9.17) is 0 Å². The Morgan fingerprint density at radius 1 is 1.10 bits per heavy atom. The molecule has 0 spiro atoms. The number of para-hydroxylation sites is 1. The maximum absolute atomic E-state index is 12.2. The Hall–Kier alpha value is -1.81. The average molecular weight is 348 g/mol. The van der Waals surface area contributed by atoms with Gasteiger partial charge in [-0.3, -0.25) is 4.79 Å². The van der Waals surface area contributed by atoms with Crippen molar-refractivity contribution in [3.63, 3.8) is 0 Å². The number of hydrogen-bond donors (Lipinski definition) is 1. The molecule has 0 aromatic heterocycles. The third kappa shape index (κ3) is 4.33. The molecule has 0 saturated heterocycles. The Balaban J connectivity index is 1.91. The molecule has 1 N–H and O–H groups in total. The molecule has 4 heteroatoms. The predicted molar refractivity (Wildman–Crippen MR) is 87.0 cm³/mol. The van der Waals surface area contributed by atoms with Gasteiger partial charge in [-0.15, -0.1) is 0 Å². The molecule has 0 radical (unpaired) electrons. The van der Waals surface area contributed by atoms with Crippen molar-refractivity contribution in [3.05, 3.63) is 64.1 Å². The summed E-state index contributed by atoms with van der Waals surface area (Å²) in [6.07, 6.45) is 0.935. The Morgan fingerprint density at radius 3 is 2.38 bits per heavy atom. The van der Waals surface area contributed by atoms with Gasteiger partial charge in [-0.05, 0) is 29.7 Å². The van der Waals surface area contributed by atoms with Crippen molar-refractivity contribution < 1.29 is 9.90 Å². The monoisotopic (exact) mass is 347 g/mol. The maximum Gasteiger partial charge on any atom is 0.222 e. The van der Waals surface area contributed by atoms with Gasteiger partial charge in [-0.1, -0.05) is 52.3 Å². The van der Waals surface area contributed by atoms with Crippen LogP contribution in [0.25, 0.3) is 0 Å². The number of benzene rings is 2. The summed E-state index contributed by atoms with van der Waals surface area (Å²) in [5.74, 6) is 0.313. The second-order valence-corrected chi connectivity index (χ2v) is 5.82. The third-order valence-corrected chi connectivity index (χ3v) is 4.16. The van der Waals surface area contributed by atoms with Crippen LogP contribution in [0.3, 0.4) is 0 Å². The fourth-order valence-electron chi connectivity index (χ4n) is 2.13. The SMILES string of the molecule is CN(Cc1ccccc1Br)C(=O)CCc1ccccc1O. The first-order chi connectivity index (χ1) is 10.1. The maximum atomic E-state index is 12.2. The zero-order valence-electron chi connectivity index (χ0n) is 11.9. The Kier molecular flexibility index (Phi) is 5.39. The molecule has 0 heterocycles. The van der Waals surface area contributed by atoms with E-state index < -0.39 is 0 Å². The number of nitrogens with zero attached hydrogens (tertiary/aromatic N) is 1. The molecular formula is C17H18BrNO2. The summed E-state index contributed by atoms with van der Waals surface area (Å²) >= 11 is 3.49. The van der Waals surface area contributed by atoms with Crippen LogP contribution in [0, 0.1) is 0 Å². The van der Waals surface area contributed by atoms with Gasteiger partial charge >= 0.3 is 0 Å². The van der Waals surface area contributed by atoms with Gasteiger partial charge in [0.1, 0.15) is 5.75 Å². The number of phenolic OH excluding ortho intramolecular Hbond substituents is 1. The lowest BCUT2D eigenvalue weighted by Gasteiger charge is -2.18. The van der Waals surface area contributed by atoms with Crippen LogP contribution in [0.2, 0.25) is 0 Å². The largest absolute Gasteiger partial charge is 0.508 e. The number of hydrogen-bond acceptors (Lipinski definition) is 2. The van der Waals surface area contributed by atoms with Crippen LogP contribution in [0.5, 0.6) is 5.75 Å². The van der Waals surface area contributed by atoms with Crippen LogP contribution < -0.4 is 0 Å². The number of aromatic hydroxyl groups is 1. The van der Waals surface area contributed by atoms with Crippen molar-refractivity contribution in [2.24, 2.45) is 0 Å². The van der Waals surface area contributed by atoms with E-state index in [0.717, 1.165) is 15.6 Å². The quantitative estimate of drug-likeness (QED) is 0.894. The van der Waals surface area contributed by atoms with Crippen molar-refractivity contribution in [2.45, 2.75) is 19.4 Å². The smallest absolute Gasteiger partial charge is 0.222 e. The molecule has 21 heavy (non-hydrogen) atoms. The van der Waals surface area contributed by atoms with Gasteiger partial charge < -0.3 is 10.0 Å². The summed E-state index contributed by atoms with van der Waals surface area (Å²) in [4.78, 5) is 13.9. The highest BCUT2D eigenvalue weighted by atomic mass is 79.9. The van der Waals surface area contributed by atoms with Crippen molar-refractivity contribution in [3.8, 4) is 5.75 Å². The van der Waals surface area contributed by atoms with Gasteiger partial charge in [-0.25, -0.2) is 0 Å². The molecule has 0 aliphatic rings. The molecule has 2 aromatic rings. The highest BCUT2D eigenvalue weighted by Crippen LogP contribution is 2.19. The second-order valence-electron chi connectivity index (χ2n) is 4.97. The molecule has 0 saturated carbocycles. The molecule has 0 atom stereocenters. The van der Waals surface area contributed by atoms with Crippen LogP contribution in [-0.2, 0) is 17.8 Å². The number of rotatable bonds is 5. The molecule has 2 aromatic carbocycles. The minimum atomic E-state index is 0.0639. The first-order valence-electron chi connectivity index (χ1n) is 6.82. The Morgan fingerprint density at radius 2 is 1.71 bits per heavy atom. The van der Waals surface area contributed by atoms with E-state index in [2.05, 4.69) is 15.9 Å². The van der Waals surface area contributed by atoms with Crippen molar-refractivity contribution in [2.75, 3.05) is 7.05 Å². The van der Waals surface area contributed by atoms with E-state index in [9.17, 15) is 9.90 Å². The van der Waals surface area contributed by atoms with Gasteiger partial charge in [0.15, 0.2) is 0 Å². The summed E-state index contributed by atoms with van der Waals surface area (Å²) in [6.45, 7) is 0.570. The van der Waals surface area contributed by atoms with Gasteiger partial charge in [-0.2, -0.15) is 0 Å². The summed E-state index contributed by atoms with van der Waals surface area (Å²) in [6, 6.07) is 15.0. The number of aryl methyl sites for hydroxylation is 1. The first-order valence-corrected chi connectivity index (χ1v) is 7.61. The fraction of sp³-hybridized carbons (Fsp3) is 0.235. The zero-order valence-corrected chi connectivity index (χ0v) is 13.5. The van der Waals surface area contributed by atoms with E-state index in [1.54, 1.807) is 24.1 Å². The lowest BCUT2D eigenvalue weighted by atomic mass is 10.1. The van der Waals surface area contributed by atoms with Crippen LogP contribution in [0.1, 0.15) is 17.5 Å². The number of phenols is 1. The first kappa shape index (κ1) is 15.6. The van der Waals surface area contributed by atoms with Gasteiger partial charge in [0.05, 0.1) is 0 Å². The fourth-order valence-corrected chi connectivity index (χ4v) is 2.54. The highest BCUT2D eigenvalue weighted by Gasteiger charge is 2.11. The molecule has 0 aliphatic heterocycles. The molecule has 0 fully saturated rings. The summed E-state index contributed by atoms with van der Waals surface area (Å²) in [7, 11) is 1.80. The van der Waals surface area contributed by atoms with Crippen LogP contribution in [0.4, 0.5) is 0 Å². The summed E-state index contributed by atoms with van der Waals surface area (Å²) in [5, 5.41) is 9.70. The minimum absolute atomic E-state index is 0.0639. The molecule has 0 unspecified atom stereocenters. The number of amides is 1. The van der Waals surface area contributed by atoms with E-state index >= 15 is 0 Å². The van der Waals surface area contributed by atoms with Crippen molar-refractivity contribution >= 4 is 21.8 Å². The highest BCUT2D eigenvalue weighted by molar-refractivity contribution is 9.10. The zero-order chi connectivity index (χ0) is 15.2. The standard InChI is InChI=1S/C17H18BrNO2/c1-19(12-14-7-2-4-8-15(14)18)17(21)11-10-13-6-3-5-9-16(13)20/h2-9,20H,10-12H2,1H3. The normalized spacial score (nSPS) is 10.4. The lowest BCUT2D eigenvalue weighted by Crippen LogP contribution is -2.26. The van der Waals surface area contributed by atoms with E-state index in [1.165, 1.54) is 0 Å². The molecule has 1 amide bonds. The van der Waals surface area contributed by atoms with E-state index in [1.807, 2.05) is 36.4 Å². The van der Waals surface area contributed by atoms with Gasteiger partial charge in [0.2, 0.25) is 5.91 Å². The topological polar surface area (TPSA) is 40.5 Å². The molecule has 0 aliphatic carbocycles. The number of carbonyl (C=O) groups is 1. The van der Waals surface area contributed by atoms with Crippen LogP contribution in [0.15, 0.2) is 53.0 Å². The van der Waals surface area contributed by atoms with Gasteiger partial charge in [0.25, 0.3) is 0 Å². The van der Waals surface area contributed by atoms with E-state index in [0.29, 0.717) is 19.4 Å². The van der Waals surface area contributed by atoms with E-state index in [-0.39, 0.29) is 11.7 Å². The van der Waals surface area contributed by atoms with Gasteiger partial charge in [0, 0.05) is 24.5 Å². The molecule has 0 bridgehead atoms. The predicted octanol–water partition coefficient (Wildman–Crippen LogP) is 3.75. The van der Waals surface area contributed by atoms with Crippen molar-refractivity contribution in [1.82, 2.24) is 4.90 Å². The molecular weight excluding hydrogens is 330 g/mol.